The zero-order valence-corrected chi connectivity index (χ0v) is 9.71. The highest BCUT2D eigenvalue weighted by Gasteiger charge is 2.15. The Hall–Kier alpha value is -0.770. The molecule has 0 aliphatic heterocycles. The van der Waals surface area contributed by atoms with Crippen LogP contribution in [0, 0.1) is 0 Å². The lowest BCUT2D eigenvalue weighted by Gasteiger charge is -2.23. The second-order valence-electron chi connectivity index (χ2n) is 4.24. The van der Waals surface area contributed by atoms with Crippen LogP contribution < -0.4 is 10.6 Å². The van der Waals surface area contributed by atoms with Crippen molar-refractivity contribution in [1.82, 2.24) is 10.6 Å². The van der Waals surface area contributed by atoms with E-state index in [1.807, 2.05) is 6.92 Å². The zero-order valence-electron chi connectivity index (χ0n) is 9.71. The molecule has 1 unspecified atom stereocenters. The molecule has 88 valence electrons. The van der Waals surface area contributed by atoms with Gasteiger partial charge in [-0.15, -0.1) is 0 Å². The van der Waals surface area contributed by atoms with Crippen LogP contribution in [-0.4, -0.2) is 31.8 Å². The third-order valence-corrected chi connectivity index (χ3v) is 2.89. The van der Waals surface area contributed by atoms with Crippen molar-refractivity contribution in [2.45, 2.75) is 51.2 Å². The van der Waals surface area contributed by atoms with Gasteiger partial charge in [-0.25, -0.2) is 4.79 Å². The number of hydrogen-bond acceptors (Lipinski definition) is 2. The molecular formula is C11H22N2O2. The molecule has 0 spiro atoms. The lowest BCUT2D eigenvalue weighted by atomic mass is 9.96. The van der Waals surface area contributed by atoms with E-state index < -0.39 is 0 Å². The van der Waals surface area contributed by atoms with Crippen LogP contribution in [-0.2, 0) is 4.74 Å². The van der Waals surface area contributed by atoms with Crippen molar-refractivity contribution in [3.05, 3.63) is 0 Å². The summed E-state index contributed by atoms with van der Waals surface area (Å²) in [6, 6.07) is 0.308. The predicted octanol–water partition coefficient (Wildman–Crippen LogP) is 1.65. The van der Waals surface area contributed by atoms with Gasteiger partial charge in [0.05, 0.1) is 6.10 Å². The summed E-state index contributed by atoms with van der Waals surface area (Å²) in [5, 5.41) is 5.80. The minimum atomic E-state index is -0.0641. The fourth-order valence-corrected chi connectivity index (χ4v) is 1.80. The molecule has 0 aromatic carbocycles. The number of urea groups is 1. The topological polar surface area (TPSA) is 50.4 Å². The van der Waals surface area contributed by atoms with Gasteiger partial charge in [0.1, 0.15) is 0 Å². The van der Waals surface area contributed by atoms with Crippen molar-refractivity contribution in [2.24, 2.45) is 0 Å². The molecule has 4 nitrogen and oxygen atoms in total. The van der Waals surface area contributed by atoms with Gasteiger partial charge in [-0.3, -0.25) is 0 Å². The maximum absolute atomic E-state index is 11.5. The summed E-state index contributed by atoms with van der Waals surface area (Å²) in [5.41, 5.74) is 0. The van der Waals surface area contributed by atoms with E-state index in [0.717, 1.165) is 12.8 Å². The van der Waals surface area contributed by atoms with Gasteiger partial charge in [-0.2, -0.15) is 0 Å². The summed E-state index contributed by atoms with van der Waals surface area (Å²) in [5.74, 6) is 0. The van der Waals surface area contributed by atoms with Gasteiger partial charge in [0, 0.05) is 19.7 Å². The molecule has 1 rings (SSSR count). The summed E-state index contributed by atoms with van der Waals surface area (Å²) in [6.45, 7) is 2.50. The van der Waals surface area contributed by atoms with Gasteiger partial charge in [0.15, 0.2) is 0 Å². The minimum Gasteiger partial charge on any atom is -0.380 e. The van der Waals surface area contributed by atoms with Gasteiger partial charge in [-0.05, 0) is 19.8 Å². The second-order valence-corrected chi connectivity index (χ2v) is 4.24. The minimum absolute atomic E-state index is 0.0641. The molecule has 0 bridgehead atoms. The summed E-state index contributed by atoms with van der Waals surface area (Å²) >= 11 is 0. The summed E-state index contributed by atoms with van der Waals surface area (Å²) < 4.78 is 5.05. The molecule has 0 aromatic rings. The molecular weight excluding hydrogens is 192 g/mol. The van der Waals surface area contributed by atoms with Crippen molar-refractivity contribution >= 4 is 6.03 Å². The quantitative estimate of drug-likeness (QED) is 0.747. The number of nitrogens with one attached hydrogen (secondary N) is 2. The highest BCUT2D eigenvalue weighted by molar-refractivity contribution is 5.74. The van der Waals surface area contributed by atoms with Gasteiger partial charge in [0.2, 0.25) is 0 Å². The lowest BCUT2D eigenvalue weighted by molar-refractivity contribution is 0.118. The van der Waals surface area contributed by atoms with Crippen LogP contribution >= 0.6 is 0 Å². The van der Waals surface area contributed by atoms with E-state index in [1.54, 1.807) is 7.11 Å². The number of carbonyl (C=O) groups is 1. The Morgan fingerprint density at radius 1 is 1.40 bits per heavy atom. The molecule has 1 aliphatic rings. The molecule has 0 radical (unpaired) electrons. The van der Waals surface area contributed by atoms with E-state index in [0.29, 0.717) is 12.6 Å². The van der Waals surface area contributed by atoms with Crippen LogP contribution in [0.15, 0.2) is 0 Å². The van der Waals surface area contributed by atoms with E-state index in [1.165, 1.54) is 19.3 Å². The first kappa shape index (κ1) is 12.3. The Labute approximate surface area is 91.8 Å². The average Bonchev–Trinajstić information content (AvgIpc) is 2.27. The first-order valence-electron chi connectivity index (χ1n) is 5.79. The second kappa shape index (κ2) is 6.67. The fraction of sp³-hybridized carbons (Fsp3) is 0.909. The number of rotatable bonds is 4. The first-order valence-corrected chi connectivity index (χ1v) is 5.79. The Morgan fingerprint density at radius 3 is 2.67 bits per heavy atom. The molecule has 1 saturated carbocycles. The summed E-state index contributed by atoms with van der Waals surface area (Å²) in [6.07, 6.45) is 6.09. The normalized spacial score (nSPS) is 19.6. The van der Waals surface area contributed by atoms with E-state index in [4.69, 9.17) is 4.74 Å². The molecule has 2 N–H and O–H groups in total. The third-order valence-electron chi connectivity index (χ3n) is 2.89. The van der Waals surface area contributed by atoms with E-state index in [2.05, 4.69) is 10.6 Å². The molecule has 0 aromatic heterocycles. The van der Waals surface area contributed by atoms with Crippen molar-refractivity contribution in [1.29, 1.82) is 0 Å². The van der Waals surface area contributed by atoms with E-state index in [9.17, 15) is 4.79 Å². The first-order chi connectivity index (χ1) is 7.22. The molecule has 15 heavy (non-hydrogen) atoms. The van der Waals surface area contributed by atoms with Gasteiger partial charge in [-0.1, -0.05) is 19.3 Å². The number of methoxy groups -OCH3 is 1. The van der Waals surface area contributed by atoms with Crippen LogP contribution in [0.1, 0.15) is 39.0 Å². The molecule has 1 fully saturated rings. The highest BCUT2D eigenvalue weighted by atomic mass is 16.5. The molecule has 0 heterocycles. The van der Waals surface area contributed by atoms with Crippen LogP contribution in [0.25, 0.3) is 0 Å². The Balaban J connectivity index is 2.11. The molecule has 2 amide bonds. The number of carbonyl (C=O) groups excluding carboxylic acids is 1. The molecule has 1 aliphatic carbocycles. The zero-order chi connectivity index (χ0) is 11.1. The van der Waals surface area contributed by atoms with Crippen LogP contribution in [0.4, 0.5) is 4.79 Å². The molecule has 0 saturated heterocycles. The number of hydrogen-bond donors (Lipinski definition) is 2. The van der Waals surface area contributed by atoms with Crippen LogP contribution in [0.5, 0.6) is 0 Å². The van der Waals surface area contributed by atoms with Crippen molar-refractivity contribution < 1.29 is 9.53 Å². The predicted molar refractivity (Wildman–Crippen MR) is 59.9 cm³/mol. The Bertz CT molecular complexity index is 191. The van der Waals surface area contributed by atoms with Crippen molar-refractivity contribution in [2.75, 3.05) is 13.7 Å². The van der Waals surface area contributed by atoms with Crippen LogP contribution in [0.3, 0.4) is 0 Å². The summed E-state index contributed by atoms with van der Waals surface area (Å²) in [4.78, 5) is 11.5. The largest absolute Gasteiger partial charge is 0.380 e. The Morgan fingerprint density at radius 2 is 2.07 bits per heavy atom. The standard InChI is InChI=1S/C11H22N2O2/c1-9(15-2)8-12-11(14)13-10-6-4-3-5-7-10/h9-10H,3-8H2,1-2H3,(H2,12,13,14). The lowest BCUT2D eigenvalue weighted by Crippen LogP contribution is -2.44. The van der Waals surface area contributed by atoms with Crippen molar-refractivity contribution in [3.8, 4) is 0 Å². The van der Waals surface area contributed by atoms with Crippen LogP contribution in [0.2, 0.25) is 0 Å². The highest BCUT2D eigenvalue weighted by Crippen LogP contribution is 2.16. The third kappa shape index (κ3) is 5.02. The number of amides is 2. The van der Waals surface area contributed by atoms with Gasteiger partial charge >= 0.3 is 6.03 Å². The van der Waals surface area contributed by atoms with Crippen molar-refractivity contribution in [3.63, 3.8) is 0 Å². The van der Waals surface area contributed by atoms with Gasteiger partial charge in [0.25, 0.3) is 0 Å². The van der Waals surface area contributed by atoms with Gasteiger partial charge < -0.3 is 15.4 Å². The monoisotopic (exact) mass is 214 g/mol. The average molecular weight is 214 g/mol. The molecule has 4 heteroatoms. The molecule has 1 atom stereocenters. The SMILES string of the molecule is COC(C)CNC(=O)NC1CCCCC1. The smallest absolute Gasteiger partial charge is 0.315 e. The summed E-state index contributed by atoms with van der Waals surface area (Å²) in [7, 11) is 1.64. The fourth-order valence-electron chi connectivity index (χ4n) is 1.80. The maximum Gasteiger partial charge on any atom is 0.315 e. The Kier molecular flexibility index (Phi) is 5.47. The maximum atomic E-state index is 11.5. The van der Waals surface area contributed by atoms with E-state index in [-0.39, 0.29) is 12.1 Å². The number of ether oxygens (including phenoxy) is 1. The van der Waals surface area contributed by atoms with E-state index >= 15 is 0 Å².